The number of nitrogens with one attached hydrogen (secondary N) is 2. The third kappa shape index (κ3) is 5.30. The molecule has 2 heterocycles. The monoisotopic (exact) mass is 401 g/mol. The Morgan fingerprint density at radius 1 is 1.11 bits per heavy atom. The van der Waals surface area contributed by atoms with Gasteiger partial charge >= 0.3 is 0 Å². The molecule has 1 saturated heterocycles. The first-order valence-corrected chi connectivity index (χ1v) is 10.9. The smallest absolute Gasteiger partial charge is 0.243 e. The number of nitrogens with zero attached hydrogens (tertiary/aromatic N) is 3. The van der Waals surface area contributed by atoms with Crippen LogP contribution in [0.25, 0.3) is 0 Å². The molecule has 0 bridgehead atoms. The van der Waals surface area contributed by atoms with Crippen LogP contribution in [0.5, 0.6) is 0 Å². The Morgan fingerprint density at radius 3 is 2.46 bits per heavy atom. The van der Waals surface area contributed by atoms with Gasteiger partial charge in [0, 0.05) is 32.9 Å². The molecular formula is C20H27N5O2S. The third-order valence-electron chi connectivity index (χ3n) is 4.90. The number of guanidine groups is 1. The van der Waals surface area contributed by atoms with Gasteiger partial charge in [-0.05, 0) is 43.0 Å². The summed E-state index contributed by atoms with van der Waals surface area (Å²) in [4.78, 5) is 8.89. The fraction of sp³-hybridized carbons (Fsp3) is 0.400. The summed E-state index contributed by atoms with van der Waals surface area (Å²) >= 11 is 0. The number of aromatic nitrogens is 1. The van der Waals surface area contributed by atoms with Crippen LogP contribution in [-0.2, 0) is 16.6 Å². The van der Waals surface area contributed by atoms with Crippen LogP contribution in [0.15, 0.2) is 64.6 Å². The Balaban J connectivity index is 1.45. The highest BCUT2D eigenvalue weighted by Gasteiger charge is 2.29. The Hall–Kier alpha value is -2.45. The second kappa shape index (κ2) is 9.66. The first kappa shape index (κ1) is 20.3. The zero-order valence-corrected chi connectivity index (χ0v) is 16.9. The van der Waals surface area contributed by atoms with Gasteiger partial charge in [0.15, 0.2) is 5.96 Å². The van der Waals surface area contributed by atoms with E-state index in [9.17, 15) is 8.42 Å². The number of piperidine rings is 1. The number of hydrogen-bond acceptors (Lipinski definition) is 4. The highest BCUT2D eigenvalue weighted by molar-refractivity contribution is 7.89. The maximum absolute atomic E-state index is 12.7. The molecule has 0 atom stereocenters. The fourth-order valence-corrected chi connectivity index (χ4v) is 4.72. The highest BCUT2D eigenvalue weighted by atomic mass is 32.2. The molecule has 1 aliphatic heterocycles. The molecule has 3 rings (SSSR count). The van der Waals surface area contributed by atoms with Gasteiger partial charge < -0.3 is 10.6 Å². The first-order chi connectivity index (χ1) is 13.6. The van der Waals surface area contributed by atoms with Crippen molar-refractivity contribution in [3.8, 4) is 0 Å². The van der Waals surface area contributed by atoms with Gasteiger partial charge in [0.25, 0.3) is 0 Å². The van der Waals surface area contributed by atoms with Crippen molar-refractivity contribution in [1.82, 2.24) is 19.9 Å². The largest absolute Gasteiger partial charge is 0.356 e. The minimum Gasteiger partial charge on any atom is -0.356 e. The molecule has 7 nitrogen and oxygen atoms in total. The van der Waals surface area contributed by atoms with Gasteiger partial charge in [-0.2, -0.15) is 4.31 Å². The summed E-state index contributed by atoms with van der Waals surface area (Å²) in [6, 6.07) is 14.5. The van der Waals surface area contributed by atoms with Crippen molar-refractivity contribution < 1.29 is 8.42 Å². The maximum Gasteiger partial charge on any atom is 0.243 e. The number of pyridine rings is 1. The number of benzene rings is 1. The van der Waals surface area contributed by atoms with Crippen LogP contribution in [0.2, 0.25) is 0 Å². The SMILES string of the molecule is CN=C(NCc1ccccn1)NCC1CCN(S(=O)(=O)c2ccccc2)CC1. The minimum absolute atomic E-state index is 0.366. The molecule has 2 aromatic rings. The molecule has 2 N–H and O–H groups in total. The van der Waals surface area contributed by atoms with E-state index >= 15 is 0 Å². The quantitative estimate of drug-likeness (QED) is 0.570. The van der Waals surface area contributed by atoms with Crippen LogP contribution in [0, 0.1) is 5.92 Å². The molecule has 0 saturated carbocycles. The zero-order valence-electron chi connectivity index (χ0n) is 16.1. The second-order valence-electron chi connectivity index (χ2n) is 6.79. The molecule has 0 aliphatic carbocycles. The van der Waals surface area contributed by atoms with Gasteiger partial charge in [0.1, 0.15) is 0 Å². The summed E-state index contributed by atoms with van der Waals surface area (Å²) in [6.45, 7) is 2.46. The van der Waals surface area contributed by atoms with E-state index in [-0.39, 0.29) is 0 Å². The van der Waals surface area contributed by atoms with E-state index in [2.05, 4.69) is 20.6 Å². The minimum atomic E-state index is -3.39. The lowest BCUT2D eigenvalue weighted by atomic mass is 9.98. The van der Waals surface area contributed by atoms with E-state index < -0.39 is 10.0 Å². The van der Waals surface area contributed by atoms with Crippen molar-refractivity contribution in [2.75, 3.05) is 26.7 Å². The molecule has 1 fully saturated rings. The number of sulfonamides is 1. The molecule has 1 aromatic heterocycles. The Labute approximate surface area is 167 Å². The lowest BCUT2D eigenvalue weighted by Gasteiger charge is -2.31. The molecule has 0 radical (unpaired) electrons. The third-order valence-corrected chi connectivity index (χ3v) is 6.81. The van der Waals surface area contributed by atoms with Crippen LogP contribution >= 0.6 is 0 Å². The standard InChI is InChI=1S/C20H27N5O2S/c1-21-20(24-16-18-7-5-6-12-22-18)23-15-17-10-13-25(14-11-17)28(26,27)19-8-3-2-4-9-19/h2-9,12,17H,10-11,13-16H2,1H3,(H2,21,23,24). The zero-order chi connectivity index (χ0) is 19.8. The van der Waals surface area contributed by atoms with Gasteiger partial charge in [-0.25, -0.2) is 8.42 Å². The van der Waals surface area contributed by atoms with Crippen molar-refractivity contribution >= 4 is 16.0 Å². The molecule has 8 heteroatoms. The molecule has 0 amide bonds. The first-order valence-electron chi connectivity index (χ1n) is 9.49. The molecule has 0 spiro atoms. The summed E-state index contributed by atoms with van der Waals surface area (Å²) in [6.07, 6.45) is 3.43. The predicted molar refractivity (Wildman–Crippen MR) is 110 cm³/mol. The molecular weight excluding hydrogens is 374 g/mol. The maximum atomic E-state index is 12.7. The number of rotatable bonds is 6. The van der Waals surface area contributed by atoms with Gasteiger partial charge in [-0.1, -0.05) is 24.3 Å². The topological polar surface area (TPSA) is 86.7 Å². The van der Waals surface area contributed by atoms with E-state index in [1.165, 1.54) is 0 Å². The van der Waals surface area contributed by atoms with Crippen molar-refractivity contribution in [2.45, 2.75) is 24.3 Å². The lowest BCUT2D eigenvalue weighted by Crippen LogP contribution is -2.44. The Bertz CT molecular complexity index is 864. The van der Waals surface area contributed by atoms with Crippen LogP contribution in [0.4, 0.5) is 0 Å². The molecule has 1 aliphatic rings. The Morgan fingerprint density at radius 2 is 1.82 bits per heavy atom. The van der Waals surface area contributed by atoms with Gasteiger partial charge in [0.05, 0.1) is 17.1 Å². The number of aliphatic imine (C=N–C) groups is 1. The lowest BCUT2D eigenvalue weighted by molar-refractivity contribution is 0.273. The van der Waals surface area contributed by atoms with Gasteiger partial charge in [-0.15, -0.1) is 0 Å². The summed E-state index contributed by atoms with van der Waals surface area (Å²) in [5.74, 6) is 1.14. The van der Waals surface area contributed by atoms with Gasteiger partial charge in [0.2, 0.25) is 10.0 Å². The Kier molecular flexibility index (Phi) is 7.00. The van der Waals surface area contributed by atoms with Crippen LogP contribution in [0.3, 0.4) is 0 Å². The summed E-state index contributed by atoms with van der Waals surface area (Å²) < 4.78 is 27.0. The van der Waals surface area contributed by atoms with Crippen molar-refractivity contribution in [1.29, 1.82) is 0 Å². The average Bonchev–Trinajstić information content (AvgIpc) is 2.75. The van der Waals surface area contributed by atoms with Crippen LogP contribution < -0.4 is 10.6 Å². The van der Waals surface area contributed by atoms with Crippen molar-refractivity contribution in [3.05, 3.63) is 60.4 Å². The van der Waals surface area contributed by atoms with E-state index in [1.807, 2.05) is 24.3 Å². The van der Waals surface area contributed by atoms with Crippen molar-refractivity contribution in [3.63, 3.8) is 0 Å². The fourth-order valence-electron chi connectivity index (χ4n) is 3.23. The normalized spacial score (nSPS) is 16.7. The van der Waals surface area contributed by atoms with E-state index in [0.717, 1.165) is 31.0 Å². The van der Waals surface area contributed by atoms with Crippen molar-refractivity contribution in [2.24, 2.45) is 10.9 Å². The molecule has 1 aromatic carbocycles. The molecule has 28 heavy (non-hydrogen) atoms. The average molecular weight is 402 g/mol. The summed E-state index contributed by atoms with van der Waals surface area (Å²) in [7, 11) is -1.65. The molecule has 150 valence electrons. The molecule has 0 unspecified atom stereocenters. The van der Waals surface area contributed by atoms with E-state index in [0.29, 0.717) is 30.4 Å². The van der Waals surface area contributed by atoms with Gasteiger partial charge in [-0.3, -0.25) is 9.98 Å². The van der Waals surface area contributed by atoms with Crippen LogP contribution in [-0.4, -0.2) is 50.3 Å². The summed E-state index contributed by atoms with van der Waals surface area (Å²) in [5, 5.41) is 6.59. The highest BCUT2D eigenvalue weighted by Crippen LogP contribution is 2.23. The second-order valence-corrected chi connectivity index (χ2v) is 8.73. The van der Waals surface area contributed by atoms with E-state index in [1.54, 1.807) is 41.8 Å². The summed E-state index contributed by atoms with van der Waals surface area (Å²) in [5.41, 5.74) is 0.949. The predicted octanol–water partition coefficient (Wildman–Crippen LogP) is 1.85. The van der Waals surface area contributed by atoms with Crippen LogP contribution in [0.1, 0.15) is 18.5 Å². The van der Waals surface area contributed by atoms with E-state index in [4.69, 9.17) is 0 Å². The number of hydrogen-bond donors (Lipinski definition) is 2.